The molecule has 2 rings (SSSR count). The van der Waals surface area contributed by atoms with Gasteiger partial charge in [0.05, 0.1) is 25.5 Å². The average molecular weight is 341 g/mol. The number of nitrogens with zero attached hydrogens (tertiary/aromatic N) is 2. The summed E-state index contributed by atoms with van der Waals surface area (Å²) in [6.45, 7) is 0. The largest absolute Gasteiger partial charge is 0.497 e. The van der Waals surface area contributed by atoms with E-state index < -0.39 is 5.97 Å². The Morgan fingerprint density at radius 2 is 2.00 bits per heavy atom. The third kappa shape index (κ3) is 2.49. The Labute approximate surface area is 124 Å². The molecule has 2 aromatic rings. The van der Waals surface area contributed by atoms with Gasteiger partial charge in [0.25, 0.3) is 0 Å². The van der Waals surface area contributed by atoms with Crippen LogP contribution in [0, 0.1) is 0 Å². The third-order valence-corrected chi connectivity index (χ3v) is 3.46. The lowest BCUT2D eigenvalue weighted by Gasteiger charge is -2.12. The van der Waals surface area contributed by atoms with Gasteiger partial charge in [-0.3, -0.25) is 4.68 Å². The minimum absolute atomic E-state index is 0.0210. The van der Waals surface area contributed by atoms with Crippen LogP contribution < -0.4 is 9.47 Å². The first-order valence-corrected chi connectivity index (χ1v) is 6.46. The number of methoxy groups -OCH3 is 2. The smallest absolute Gasteiger partial charge is 0.356 e. The van der Waals surface area contributed by atoms with Crippen molar-refractivity contribution in [3.8, 4) is 22.8 Å². The maximum Gasteiger partial charge on any atom is 0.356 e. The molecule has 0 aliphatic rings. The summed E-state index contributed by atoms with van der Waals surface area (Å²) < 4.78 is 12.8. The SMILES string of the molecule is COc1cc(Br)c(-c2cc(C(=O)O)nn2C)c(OC)c1. The highest BCUT2D eigenvalue weighted by atomic mass is 79.9. The second-order valence-electron chi connectivity index (χ2n) is 4.03. The van der Waals surface area contributed by atoms with Gasteiger partial charge >= 0.3 is 5.97 Å². The second kappa shape index (κ2) is 5.54. The van der Waals surface area contributed by atoms with Crippen LogP contribution in [0.25, 0.3) is 11.3 Å². The molecule has 1 heterocycles. The summed E-state index contributed by atoms with van der Waals surface area (Å²) in [5.74, 6) is 0.129. The van der Waals surface area contributed by atoms with E-state index in [1.807, 2.05) is 0 Å². The van der Waals surface area contributed by atoms with Gasteiger partial charge < -0.3 is 14.6 Å². The van der Waals surface area contributed by atoms with E-state index in [1.165, 1.54) is 10.7 Å². The van der Waals surface area contributed by atoms with Gasteiger partial charge in [-0.15, -0.1) is 0 Å². The number of hydrogen-bond donors (Lipinski definition) is 1. The van der Waals surface area contributed by atoms with E-state index in [2.05, 4.69) is 21.0 Å². The minimum Gasteiger partial charge on any atom is -0.497 e. The number of aromatic carboxylic acids is 1. The fourth-order valence-electron chi connectivity index (χ4n) is 1.89. The topological polar surface area (TPSA) is 73.6 Å². The number of benzene rings is 1. The molecule has 0 atom stereocenters. The lowest BCUT2D eigenvalue weighted by molar-refractivity contribution is 0.0689. The highest BCUT2D eigenvalue weighted by Crippen LogP contribution is 2.40. The number of halogens is 1. The molecule has 0 spiro atoms. The van der Waals surface area contributed by atoms with E-state index in [0.29, 0.717) is 17.2 Å². The fraction of sp³-hybridized carbons (Fsp3) is 0.231. The van der Waals surface area contributed by atoms with Crippen LogP contribution in [0.4, 0.5) is 0 Å². The average Bonchev–Trinajstić information content (AvgIpc) is 2.79. The standard InChI is InChI=1S/C13H13BrN2O4/c1-16-10(6-9(15-16)13(17)18)12-8(14)4-7(19-2)5-11(12)20-3/h4-6H,1-3H3,(H,17,18). The highest BCUT2D eigenvalue weighted by molar-refractivity contribution is 9.10. The van der Waals surface area contributed by atoms with Crippen molar-refractivity contribution >= 4 is 21.9 Å². The Bertz CT molecular complexity index is 667. The Kier molecular flexibility index (Phi) is 3.99. The lowest BCUT2D eigenvalue weighted by atomic mass is 10.1. The molecule has 7 heteroatoms. The van der Waals surface area contributed by atoms with Crippen LogP contribution in [0.3, 0.4) is 0 Å². The molecule has 0 aliphatic carbocycles. The number of aryl methyl sites for hydroxylation is 1. The molecule has 6 nitrogen and oxygen atoms in total. The summed E-state index contributed by atoms with van der Waals surface area (Å²) in [6.07, 6.45) is 0. The second-order valence-corrected chi connectivity index (χ2v) is 4.88. The Hall–Kier alpha value is -2.02. The molecule has 0 unspecified atom stereocenters. The monoisotopic (exact) mass is 340 g/mol. The van der Waals surface area contributed by atoms with Crippen molar-refractivity contribution in [2.24, 2.45) is 7.05 Å². The molecule has 0 saturated carbocycles. The number of aromatic nitrogens is 2. The first-order chi connectivity index (χ1) is 9.47. The van der Waals surface area contributed by atoms with Gasteiger partial charge in [0.2, 0.25) is 0 Å². The van der Waals surface area contributed by atoms with E-state index >= 15 is 0 Å². The van der Waals surface area contributed by atoms with Crippen molar-refractivity contribution in [2.45, 2.75) is 0 Å². The fourth-order valence-corrected chi connectivity index (χ4v) is 2.52. The summed E-state index contributed by atoms with van der Waals surface area (Å²) in [6, 6.07) is 5.01. The number of carboxylic acid groups (broad SMARTS) is 1. The minimum atomic E-state index is -1.07. The van der Waals surface area contributed by atoms with Crippen LogP contribution in [0.15, 0.2) is 22.7 Å². The van der Waals surface area contributed by atoms with Crippen LogP contribution in [-0.2, 0) is 7.05 Å². The maximum atomic E-state index is 11.0. The van der Waals surface area contributed by atoms with Crippen LogP contribution >= 0.6 is 15.9 Å². The van der Waals surface area contributed by atoms with Crippen molar-refractivity contribution in [3.63, 3.8) is 0 Å². The number of carbonyl (C=O) groups is 1. The third-order valence-electron chi connectivity index (χ3n) is 2.84. The molecule has 0 saturated heterocycles. The molecule has 20 heavy (non-hydrogen) atoms. The molecule has 1 aromatic carbocycles. The summed E-state index contributed by atoms with van der Waals surface area (Å²) in [5, 5.41) is 13.0. The van der Waals surface area contributed by atoms with Crippen molar-refractivity contribution in [1.29, 1.82) is 0 Å². The summed E-state index contributed by atoms with van der Waals surface area (Å²) in [7, 11) is 4.78. The van der Waals surface area contributed by atoms with Gasteiger partial charge in [-0.2, -0.15) is 5.10 Å². The highest BCUT2D eigenvalue weighted by Gasteiger charge is 2.19. The molecular weight excluding hydrogens is 328 g/mol. The summed E-state index contributed by atoms with van der Waals surface area (Å²) >= 11 is 3.45. The molecular formula is C13H13BrN2O4. The zero-order valence-electron chi connectivity index (χ0n) is 11.2. The van der Waals surface area contributed by atoms with Crippen molar-refractivity contribution in [2.75, 3.05) is 14.2 Å². The normalized spacial score (nSPS) is 10.4. The van der Waals surface area contributed by atoms with Gasteiger partial charge in [0.1, 0.15) is 11.5 Å². The number of ether oxygens (including phenoxy) is 2. The zero-order valence-corrected chi connectivity index (χ0v) is 12.8. The van der Waals surface area contributed by atoms with Crippen LogP contribution in [-0.4, -0.2) is 35.1 Å². The quantitative estimate of drug-likeness (QED) is 0.925. The number of rotatable bonds is 4. The van der Waals surface area contributed by atoms with Gasteiger partial charge in [-0.05, 0) is 28.1 Å². The molecule has 0 aliphatic heterocycles. The van der Waals surface area contributed by atoms with Gasteiger partial charge in [0, 0.05) is 17.6 Å². The van der Waals surface area contributed by atoms with Crippen LogP contribution in [0.2, 0.25) is 0 Å². The predicted molar refractivity (Wildman–Crippen MR) is 76.4 cm³/mol. The van der Waals surface area contributed by atoms with Crippen molar-refractivity contribution < 1.29 is 19.4 Å². The van der Waals surface area contributed by atoms with E-state index in [4.69, 9.17) is 14.6 Å². The summed E-state index contributed by atoms with van der Waals surface area (Å²) in [4.78, 5) is 11.0. The van der Waals surface area contributed by atoms with Crippen LogP contribution in [0.1, 0.15) is 10.5 Å². The molecule has 1 N–H and O–H groups in total. The first-order valence-electron chi connectivity index (χ1n) is 5.67. The first kappa shape index (κ1) is 14.4. The maximum absolute atomic E-state index is 11.0. The molecule has 106 valence electrons. The van der Waals surface area contributed by atoms with E-state index in [9.17, 15) is 4.79 Å². The number of hydrogen-bond acceptors (Lipinski definition) is 4. The Balaban J connectivity index is 2.65. The van der Waals surface area contributed by atoms with E-state index in [0.717, 1.165) is 10.0 Å². The molecule has 0 fully saturated rings. The zero-order chi connectivity index (χ0) is 14.9. The molecule has 1 aromatic heterocycles. The predicted octanol–water partition coefficient (Wildman–Crippen LogP) is 2.57. The Morgan fingerprint density at radius 3 is 2.50 bits per heavy atom. The Morgan fingerprint density at radius 1 is 1.30 bits per heavy atom. The van der Waals surface area contributed by atoms with Crippen molar-refractivity contribution in [3.05, 3.63) is 28.4 Å². The van der Waals surface area contributed by atoms with E-state index in [-0.39, 0.29) is 5.69 Å². The van der Waals surface area contributed by atoms with Crippen molar-refractivity contribution in [1.82, 2.24) is 9.78 Å². The lowest BCUT2D eigenvalue weighted by Crippen LogP contribution is -2.00. The van der Waals surface area contributed by atoms with Gasteiger partial charge in [-0.25, -0.2) is 4.79 Å². The number of carboxylic acids is 1. The molecule has 0 radical (unpaired) electrons. The summed E-state index contributed by atoms with van der Waals surface area (Å²) in [5.41, 5.74) is 1.33. The molecule has 0 bridgehead atoms. The molecule has 0 amide bonds. The van der Waals surface area contributed by atoms with E-state index in [1.54, 1.807) is 33.4 Å². The van der Waals surface area contributed by atoms with Crippen LogP contribution in [0.5, 0.6) is 11.5 Å². The van der Waals surface area contributed by atoms with Gasteiger partial charge in [-0.1, -0.05) is 0 Å². The van der Waals surface area contributed by atoms with Gasteiger partial charge in [0.15, 0.2) is 5.69 Å².